The van der Waals surface area contributed by atoms with E-state index in [1.807, 2.05) is 37.3 Å². The summed E-state index contributed by atoms with van der Waals surface area (Å²) in [5, 5.41) is 8.98. The van der Waals surface area contributed by atoms with Gasteiger partial charge in [-0.3, -0.25) is 4.79 Å². The number of anilines is 1. The van der Waals surface area contributed by atoms with E-state index in [0.29, 0.717) is 0 Å². The Balaban J connectivity index is 1.33. The molecule has 148 valence electrons. The van der Waals surface area contributed by atoms with Crippen LogP contribution in [0.4, 0.5) is 5.82 Å². The lowest BCUT2D eigenvalue weighted by Crippen LogP contribution is -2.51. The second-order valence-electron chi connectivity index (χ2n) is 9.60. The first kappa shape index (κ1) is 17.2. The molecule has 4 aliphatic carbocycles. The molecule has 4 fully saturated rings. The molecule has 3 aromatic rings. The molecular formula is C24H26N4O. The van der Waals surface area contributed by atoms with Crippen LogP contribution in [-0.2, 0) is 4.79 Å². The van der Waals surface area contributed by atoms with Gasteiger partial charge in [-0.05, 0) is 81.4 Å². The minimum absolute atomic E-state index is 0.172. The van der Waals surface area contributed by atoms with Gasteiger partial charge in [-0.25, -0.2) is 4.98 Å². The number of fused-ring (bicyclic) bond motifs is 1. The third-order valence-corrected chi connectivity index (χ3v) is 7.39. The lowest BCUT2D eigenvalue weighted by atomic mass is 9.49. The summed E-state index contributed by atoms with van der Waals surface area (Å²) in [5.74, 6) is 3.91. The van der Waals surface area contributed by atoms with E-state index in [4.69, 9.17) is 4.98 Å². The van der Waals surface area contributed by atoms with Crippen molar-refractivity contribution in [3.8, 4) is 5.82 Å². The molecule has 2 heterocycles. The molecule has 0 saturated heterocycles. The third kappa shape index (κ3) is 2.78. The maximum atomic E-state index is 13.5. The summed E-state index contributed by atoms with van der Waals surface area (Å²) in [6.45, 7) is 1.96. The Morgan fingerprint density at radius 2 is 1.72 bits per heavy atom. The van der Waals surface area contributed by atoms with Crippen molar-refractivity contribution in [3.63, 3.8) is 0 Å². The lowest BCUT2D eigenvalue weighted by Gasteiger charge is -2.55. The van der Waals surface area contributed by atoms with Gasteiger partial charge in [-0.15, -0.1) is 0 Å². The maximum absolute atomic E-state index is 13.5. The van der Waals surface area contributed by atoms with Crippen molar-refractivity contribution in [2.24, 2.45) is 23.2 Å². The fraction of sp³-hybridized carbons (Fsp3) is 0.458. The van der Waals surface area contributed by atoms with E-state index in [1.54, 1.807) is 4.68 Å². The quantitative estimate of drug-likeness (QED) is 0.698. The van der Waals surface area contributed by atoms with Gasteiger partial charge < -0.3 is 5.32 Å². The lowest BCUT2D eigenvalue weighted by molar-refractivity contribution is -0.140. The van der Waals surface area contributed by atoms with Crippen LogP contribution in [0, 0.1) is 30.1 Å². The van der Waals surface area contributed by atoms with Crippen LogP contribution in [0.1, 0.15) is 44.2 Å². The molecule has 0 radical (unpaired) electrons. The third-order valence-electron chi connectivity index (χ3n) is 7.39. The molecule has 5 heteroatoms. The van der Waals surface area contributed by atoms with E-state index >= 15 is 0 Å². The van der Waals surface area contributed by atoms with Crippen molar-refractivity contribution in [1.29, 1.82) is 0 Å². The SMILES string of the molecule is Cc1cc(NC(=O)C23CC4CC(CC(C4)C2)C3)n(-c2ccc3ccccc3n2)n1. The minimum Gasteiger partial charge on any atom is -0.310 e. The Kier molecular flexibility index (Phi) is 3.65. The van der Waals surface area contributed by atoms with Crippen LogP contribution in [0.25, 0.3) is 16.7 Å². The van der Waals surface area contributed by atoms with Gasteiger partial charge in [-0.1, -0.05) is 18.2 Å². The molecule has 4 aliphatic rings. The maximum Gasteiger partial charge on any atom is 0.231 e. The van der Waals surface area contributed by atoms with Gasteiger partial charge >= 0.3 is 0 Å². The molecule has 1 amide bonds. The van der Waals surface area contributed by atoms with Gasteiger partial charge in [-0.2, -0.15) is 9.78 Å². The van der Waals surface area contributed by atoms with Crippen LogP contribution in [0.5, 0.6) is 0 Å². The van der Waals surface area contributed by atoms with Gasteiger partial charge in [0.15, 0.2) is 5.82 Å². The fourth-order valence-corrected chi connectivity index (χ4v) is 6.57. The van der Waals surface area contributed by atoms with Crippen LogP contribution >= 0.6 is 0 Å². The molecule has 0 unspecified atom stereocenters. The van der Waals surface area contributed by atoms with Gasteiger partial charge in [0.05, 0.1) is 16.6 Å². The highest BCUT2D eigenvalue weighted by atomic mass is 16.2. The molecule has 0 atom stereocenters. The minimum atomic E-state index is -0.172. The number of nitrogens with one attached hydrogen (secondary N) is 1. The van der Waals surface area contributed by atoms with Gasteiger partial charge in [0, 0.05) is 11.5 Å². The van der Waals surface area contributed by atoms with E-state index in [2.05, 4.69) is 22.5 Å². The molecule has 0 spiro atoms. The Hall–Kier alpha value is -2.69. The summed E-state index contributed by atoms with van der Waals surface area (Å²) in [6, 6.07) is 14.0. The number of carbonyl (C=O) groups excluding carboxylic acids is 1. The molecule has 5 nitrogen and oxygen atoms in total. The molecular weight excluding hydrogens is 360 g/mol. The first-order valence-corrected chi connectivity index (χ1v) is 10.8. The van der Waals surface area contributed by atoms with Crippen LogP contribution in [0.3, 0.4) is 0 Å². The molecule has 4 bridgehead atoms. The fourth-order valence-electron chi connectivity index (χ4n) is 6.57. The summed E-state index contributed by atoms with van der Waals surface area (Å²) in [7, 11) is 0. The highest BCUT2D eigenvalue weighted by molar-refractivity contribution is 5.95. The van der Waals surface area contributed by atoms with Crippen molar-refractivity contribution < 1.29 is 4.79 Å². The second kappa shape index (κ2) is 6.15. The zero-order valence-corrected chi connectivity index (χ0v) is 16.8. The monoisotopic (exact) mass is 386 g/mol. The summed E-state index contributed by atoms with van der Waals surface area (Å²) < 4.78 is 1.78. The van der Waals surface area contributed by atoms with Crippen molar-refractivity contribution in [2.75, 3.05) is 5.32 Å². The summed E-state index contributed by atoms with van der Waals surface area (Å²) in [6.07, 6.45) is 7.20. The molecule has 29 heavy (non-hydrogen) atoms. The van der Waals surface area contributed by atoms with Crippen LogP contribution < -0.4 is 5.32 Å². The highest BCUT2D eigenvalue weighted by Gasteiger charge is 2.54. The summed E-state index contributed by atoms with van der Waals surface area (Å²) in [5.41, 5.74) is 1.63. The molecule has 0 aliphatic heterocycles. The van der Waals surface area contributed by atoms with Crippen molar-refractivity contribution in [1.82, 2.24) is 14.8 Å². The van der Waals surface area contributed by atoms with Crippen LogP contribution in [-0.4, -0.2) is 20.7 Å². The molecule has 7 rings (SSSR count). The van der Waals surface area contributed by atoms with E-state index in [-0.39, 0.29) is 11.3 Å². The number of para-hydroxylation sites is 1. The predicted octanol–water partition coefficient (Wildman–Crippen LogP) is 4.88. The summed E-state index contributed by atoms with van der Waals surface area (Å²) in [4.78, 5) is 18.3. The number of pyridine rings is 1. The standard InChI is InChI=1S/C24H26N4O/c1-15-8-22(28(27-15)21-7-6-19-4-2-3-5-20(19)25-21)26-23(29)24-12-16-9-17(13-24)11-18(10-16)14-24/h2-8,16-18H,9-14H2,1H3,(H,26,29). The second-order valence-corrected chi connectivity index (χ2v) is 9.60. The number of aromatic nitrogens is 3. The highest BCUT2D eigenvalue weighted by Crippen LogP contribution is 2.60. The first-order chi connectivity index (χ1) is 14.1. The predicted molar refractivity (Wildman–Crippen MR) is 113 cm³/mol. The number of nitrogens with zero attached hydrogens (tertiary/aromatic N) is 3. The van der Waals surface area contributed by atoms with Gasteiger partial charge in [0.2, 0.25) is 5.91 Å². The van der Waals surface area contributed by atoms with Crippen molar-refractivity contribution in [2.45, 2.75) is 45.4 Å². The number of rotatable bonds is 3. The topological polar surface area (TPSA) is 59.8 Å². The molecule has 1 aromatic carbocycles. The molecule has 4 saturated carbocycles. The van der Waals surface area contributed by atoms with E-state index in [9.17, 15) is 4.79 Å². The number of aryl methyl sites for hydroxylation is 1. The van der Waals surface area contributed by atoms with Gasteiger partial charge in [0.25, 0.3) is 0 Å². The zero-order valence-electron chi connectivity index (χ0n) is 16.8. The van der Waals surface area contributed by atoms with E-state index in [0.717, 1.165) is 65.2 Å². The Morgan fingerprint density at radius 3 is 2.45 bits per heavy atom. The number of carbonyl (C=O) groups is 1. The van der Waals surface area contributed by atoms with E-state index < -0.39 is 0 Å². The smallest absolute Gasteiger partial charge is 0.231 e. The Bertz CT molecular complexity index is 1080. The van der Waals surface area contributed by atoms with Crippen LogP contribution in [0.15, 0.2) is 42.5 Å². The largest absolute Gasteiger partial charge is 0.310 e. The number of hydrogen-bond donors (Lipinski definition) is 1. The van der Waals surface area contributed by atoms with Gasteiger partial charge in [0.1, 0.15) is 5.82 Å². The average molecular weight is 386 g/mol. The summed E-state index contributed by atoms with van der Waals surface area (Å²) >= 11 is 0. The normalized spacial score (nSPS) is 30.0. The van der Waals surface area contributed by atoms with E-state index in [1.165, 1.54) is 19.3 Å². The Morgan fingerprint density at radius 1 is 1.03 bits per heavy atom. The number of hydrogen-bond acceptors (Lipinski definition) is 3. The van der Waals surface area contributed by atoms with Crippen molar-refractivity contribution in [3.05, 3.63) is 48.2 Å². The number of amides is 1. The van der Waals surface area contributed by atoms with Crippen molar-refractivity contribution >= 4 is 22.6 Å². The zero-order chi connectivity index (χ0) is 19.6. The number of benzene rings is 1. The van der Waals surface area contributed by atoms with Crippen LogP contribution in [0.2, 0.25) is 0 Å². The average Bonchev–Trinajstić information content (AvgIpc) is 3.06. The first-order valence-electron chi connectivity index (χ1n) is 10.8. The molecule has 2 aromatic heterocycles. The Labute approximate surface area is 170 Å². The molecule has 1 N–H and O–H groups in total.